The second-order valence-electron chi connectivity index (χ2n) is 3.88. The van der Waals surface area contributed by atoms with Crippen LogP contribution in [0.2, 0.25) is 0 Å². The van der Waals surface area contributed by atoms with Crippen LogP contribution in [0, 0.1) is 6.92 Å². The van der Waals surface area contributed by atoms with Crippen molar-refractivity contribution in [3.05, 3.63) is 58.3 Å². The van der Waals surface area contributed by atoms with Crippen LogP contribution >= 0.6 is 0 Å². The summed E-state index contributed by atoms with van der Waals surface area (Å²) in [6.07, 6.45) is 0. The van der Waals surface area contributed by atoms with Crippen molar-refractivity contribution in [2.45, 2.75) is 20.8 Å². The monoisotopic (exact) mass is 240 g/mol. The van der Waals surface area contributed by atoms with Gasteiger partial charge < -0.3 is 4.42 Å². The lowest BCUT2D eigenvalue weighted by atomic mass is 10.0. The zero-order valence-electron chi connectivity index (χ0n) is 10.9. The maximum Gasteiger partial charge on any atom is 0.182 e. The predicted octanol–water partition coefficient (Wildman–Crippen LogP) is 4.23. The molecule has 1 heterocycles. The molecule has 0 radical (unpaired) electrons. The minimum atomic E-state index is -0.0223. The molecule has 2 heteroatoms. The molecular weight excluding hydrogens is 224 g/mol. The van der Waals surface area contributed by atoms with Crippen molar-refractivity contribution in [1.82, 2.24) is 0 Å². The van der Waals surface area contributed by atoms with Crippen molar-refractivity contribution in [3.63, 3.8) is 0 Å². The lowest BCUT2D eigenvalue weighted by Gasteiger charge is -2.10. The molecule has 0 amide bonds. The van der Waals surface area contributed by atoms with E-state index < -0.39 is 0 Å². The van der Waals surface area contributed by atoms with Crippen LogP contribution in [0.1, 0.15) is 19.4 Å². The predicted molar refractivity (Wildman–Crippen MR) is 75.2 cm³/mol. The highest BCUT2D eigenvalue weighted by molar-refractivity contribution is 5.87. The molecule has 0 spiro atoms. The average Bonchev–Trinajstić information content (AvgIpc) is 2.41. The summed E-state index contributed by atoms with van der Waals surface area (Å²) < 4.78 is 5.71. The Morgan fingerprint density at radius 2 is 1.72 bits per heavy atom. The van der Waals surface area contributed by atoms with E-state index in [2.05, 4.69) is 0 Å². The van der Waals surface area contributed by atoms with Gasteiger partial charge in [0.2, 0.25) is 0 Å². The average molecular weight is 240 g/mol. The highest BCUT2D eigenvalue weighted by Crippen LogP contribution is 2.31. The summed E-state index contributed by atoms with van der Waals surface area (Å²) >= 11 is 0. The van der Waals surface area contributed by atoms with Crippen LogP contribution in [0.5, 0.6) is 0 Å². The SMILES string of the molecule is CC.Cc1c2ccc(=O)cc-2oc2ccccc12. The third-order valence-electron chi connectivity index (χ3n) is 2.87. The van der Waals surface area contributed by atoms with Gasteiger partial charge in [0.1, 0.15) is 11.3 Å². The normalized spacial score (nSPS) is 10.2. The molecule has 1 aliphatic carbocycles. The summed E-state index contributed by atoms with van der Waals surface area (Å²) in [5.74, 6) is 0.656. The van der Waals surface area contributed by atoms with Crippen LogP contribution in [-0.2, 0) is 0 Å². The molecule has 2 nitrogen and oxygen atoms in total. The third kappa shape index (κ3) is 2.02. The van der Waals surface area contributed by atoms with Crippen molar-refractivity contribution < 1.29 is 4.42 Å². The van der Waals surface area contributed by atoms with Crippen LogP contribution in [0.4, 0.5) is 0 Å². The van der Waals surface area contributed by atoms with Crippen molar-refractivity contribution in [3.8, 4) is 11.3 Å². The summed E-state index contributed by atoms with van der Waals surface area (Å²) in [7, 11) is 0. The Morgan fingerprint density at radius 3 is 2.50 bits per heavy atom. The number of benzene rings is 2. The van der Waals surface area contributed by atoms with E-state index in [1.807, 2.05) is 51.1 Å². The van der Waals surface area contributed by atoms with Gasteiger partial charge in [-0.2, -0.15) is 0 Å². The first-order chi connectivity index (χ1) is 8.75. The van der Waals surface area contributed by atoms with Crippen molar-refractivity contribution in [2.24, 2.45) is 0 Å². The third-order valence-corrected chi connectivity index (χ3v) is 2.87. The van der Waals surface area contributed by atoms with Crippen LogP contribution in [0.25, 0.3) is 22.3 Å². The molecule has 0 saturated heterocycles. The van der Waals surface area contributed by atoms with Gasteiger partial charge in [-0.3, -0.25) is 4.79 Å². The summed E-state index contributed by atoms with van der Waals surface area (Å²) in [5.41, 5.74) is 2.94. The number of rotatable bonds is 0. The topological polar surface area (TPSA) is 30.2 Å². The Kier molecular flexibility index (Phi) is 3.47. The van der Waals surface area contributed by atoms with E-state index >= 15 is 0 Å². The first-order valence-corrected chi connectivity index (χ1v) is 6.18. The van der Waals surface area contributed by atoms with Crippen LogP contribution in [0.3, 0.4) is 0 Å². The van der Waals surface area contributed by atoms with E-state index in [9.17, 15) is 4.79 Å². The summed E-state index contributed by atoms with van der Waals surface area (Å²) in [5, 5.41) is 1.09. The van der Waals surface area contributed by atoms with Gasteiger partial charge in [0.25, 0.3) is 0 Å². The van der Waals surface area contributed by atoms with E-state index in [0.717, 1.165) is 22.1 Å². The maximum absolute atomic E-state index is 11.3. The molecule has 3 rings (SSSR count). The molecule has 1 aromatic rings. The fourth-order valence-corrected chi connectivity index (χ4v) is 2.03. The molecule has 0 unspecified atom stereocenters. The van der Waals surface area contributed by atoms with Gasteiger partial charge in [-0.1, -0.05) is 32.0 Å². The van der Waals surface area contributed by atoms with Crippen LogP contribution < -0.4 is 5.43 Å². The fourth-order valence-electron chi connectivity index (χ4n) is 2.03. The molecule has 1 aliphatic heterocycles. The molecule has 0 fully saturated rings. The zero-order valence-corrected chi connectivity index (χ0v) is 10.9. The molecule has 18 heavy (non-hydrogen) atoms. The Bertz CT molecular complexity index is 695. The van der Waals surface area contributed by atoms with E-state index in [1.165, 1.54) is 6.07 Å². The minimum Gasteiger partial charge on any atom is -0.456 e. The Morgan fingerprint density at radius 1 is 1.00 bits per heavy atom. The zero-order chi connectivity index (χ0) is 13.1. The van der Waals surface area contributed by atoms with Crippen molar-refractivity contribution in [2.75, 3.05) is 0 Å². The van der Waals surface area contributed by atoms with Crippen molar-refractivity contribution in [1.29, 1.82) is 0 Å². The van der Waals surface area contributed by atoms with E-state index in [4.69, 9.17) is 4.42 Å². The smallest absolute Gasteiger partial charge is 0.182 e. The molecule has 0 atom stereocenters. The summed E-state index contributed by atoms with van der Waals surface area (Å²) in [4.78, 5) is 11.3. The van der Waals surface area contributed by atoms with Gasteiger partial charge in [0, 0.05) is 17.0 Å². The molecule has 1 aromatic carbocycles. The molecular formula is C16H16O2. The maximum atomic E-state index is 11.3. The Hall–Kier alpha value is -2.09. The lowest BCUT2D eigenvalue weighted by molar-refractivity contribution is 0.617. The largest absolute Gasteiger partial charge is 0.456 e. The number of fused-ring (bicyclic) bond motifs is 2. The van der Waals surface area contributed by atoms with Gasteiger partial charge in [0.15, 0.2) is 5.43 Å². The lowest BCUT2D eigenvalue weighted by Crippen LogP contribution is -1.99. The molecule has 0 bridgehead atoms. The molecule has 0 N–H and O–H groups in total. The van der Waals surface area contributed by atoms with E-state index in [1.54, 1.807) is 6.07 Å². The first-order valence-electron chi connectivity index (χ1n) is 6.18. The van der Waals surface area contributed by atoms with E-state index in [-0.39, 0.29) is 5.43 Å². The molecule has 92 valence electrons. The highest BCUT2D eigenvalue weighted by atomic mass is 16.3. The highest BCUT2D eigenvalue weighted by Gasteiger charge is 2.11. The number of para-hydroxylation sites is 1. The van der Waals surface area contributed by atoms with Crippen LogP contribution in [0.15, 0.2) is 51.7 Å². The van der Waals surface area contributed by atoms with Gasteiger partial charge >= 0.3 is 0 Å². The minimum absolute atomic E-state index is 0.0223. The Labute approximate surface area is 106 Å². The molecule has 2 aliphatic rings. The second-order valence-corrected chi connectivity index (χ2v) is 3.88. The summed E-state index contributed by atoms with van der Waals surface area (Å²) in [6.45, 7) is 6.05. The summed E-state index contributed by atoms with van der Waals surface area (Å²) in [6, 6.07) is 12.8. The van der Waals surface area contributed by atoms with Gasteiger partial charge in [0.05, 0.1) is 0 Å². The quantitative estimate of drug-likeness (QED) is 0.550. The molecule has 0 aromatic heterocycles. The van der Waals surface area contributed by atoms with Crippen LogP contribution in [-0.4, -0.2) is 0 Å². The Balaban J connectivity index is 0.000000574. The van der Waals surface area contributed by atoms with Gasteiger partial charge in [-0.25, -0.2) is 0 Å². The number of aryl methyl sites for hydroxylation is 1. The first kappa shape index (κ1) is 12.4. The van der Waals surface area contributed by atoms with Gasteiger partial charge in [-0.15, -0.1) is 0 Å². The fraction of sp³-hybridized carbons (Fsp3) is 0.188. The standard InChI is InChI=1S/C14H10O2.C2H6/c1-9-11-4-2-3-5-13(11)16-14-8-10(15)6-7-12(9)14;1-2/h2-8H,1H3;1-2H3. The number of hydrogen-bond acceptors (Lipinski definition) is 2. The van der Waals surface area contributed by atoms with Gasteiger partial charge in [-0.05, 0) is 30.7 Å². The van der Waals surface area contributed by atoms with Crippen molar-refractivity contribution >= 4 is 11.0 Å². The molecule has 0 saturated carbocycles. The second kappa shape index (κ2) is 5.05. The van der Waals surface area contributed by atoms with E-state index in [0.29, 0.717) is 5.76 Å². The number of hydrogen-bond donors (Lipinski definition) is 0.